The van der Waals surface area contributed by atoms with Crippen LogP contribution in [0, 0.1) is 6.92 Å². The predicted octanol–water partition coefficient (Wildman–Crippen LogP) is 3.71. The first kappa shape index (κ1) is 19.7. The van der Waals surface area contributed by atoms with Crippen molar-refractivity contribution in [2.24, 2.45) is 0 Å². The normalized spacial score (nSPS) is 11.2. The zero-order chi connectivity index (χ0) is 20.3. The van der Waals surface area contributed by atoms with Gasteiger partial charge in [0.05, 0.1) is 17.2 Å². The van der Waals surface area contributed by atoms with Gasteiger partial charge in [-0.1, -0.05) is 30.3 Å². The van der Waals surface area contributed by atoms with E-state index >= 15 is 0 Å². The van der Waals surface area contributed by atoms with Gasteiger partial charge in [-0.05, 0) is 43.7 Å². The molecular formula is C21H22N2O4S. The molecule has 6 nitrogen and oxygen atoms in total. The topological polar surface area (TPSA) is 84.5 Å². The van der Waals surface area contributed by atoms with E-state index in [-0.39, 0.29) is 10.8 Å². The van der Waals surface area contributed by atoms with Crippen molar-refractivity contribution in [1.82, 2.24) is 5.32 Å². The van der Waals surface area contributed by atoms with Crippen molar-refractivity contribution in [3.63, 3.8) is 0 Å². The SMILES string of the molecule is CCOc1ccc(S(=O)(=O)Nc2cccc(C(=O)NC)c2C)c2ccccc12. The number of amides is 1. The van der Waals surface area contributed by atoms with Crippen LogP contribution in [0.3, 0.4) is 0 Å². The lowest BCUT2D eigenvalue weighted by atomic mass is 10.1. The number of carbonyl (C=O) groups is 1. The molecule has 0 heterocycles. The molecule has 0 radical (unpaired) electrons. The Labute approximate surface area is 164 Å². The lowest BCUT2D eigenvalue weighted by Crippen LogP contribution is -2.20. The Hall–Kier alpha value is -3.06. The Balaban J connectivity index is 2.08. The van der Waals surface area contributed by atoms with Crippen LogP contribution in [0.1, 0.15) is 22.8 Å². The van der Waals surface area contributed by atoms with E-state index < -0.39 is 10.0 Å². The van der Waals surface area contributed by atoms with Gasteiger partial charge in [0.25, 0.3) is 15.9 Å². The lowest BCUT2D eigenvalue weighted by Gasteiger charge is -2.15. The molecule has 0 saturated heterocycles. The number of fused-ring (bicyclic) bond motifs is 1. The molecule has 1 amide bonds. The average Bonchev–Trinajstić information content (AvgIpc) is 2.69. The zero-order valence-corrected chi connectivity index (χ0v) is 16.8. The van der Waals surface area contributed by atoms with Crippen LogP contribution in [0.15, 0.2) is 59.5 Å². The summed E-state index contributed by atoms with van der Waals surface area (Å²) in [4.78, 5) is 12.1. The van der Waals surface area contributed by atoms with Gasteiger partial charge in [-0.2, -0.15) is 0 Å². The molecule has 0 aliphatic rings. The standard InChI is InChI=1S/C21H22N2O4S/c1-4-27-19-12-13-20(17-9-6-5-8-16(17)19)28(25,26)23-18-11-7-10-15(14(18)2)21(24)22-3/h5-13,23H,4H2,1-3H3,(H,22,24). The van der Waals surface area contributed by atoms with Crippen LogP contribution in [0.4, 0.5) is 5.69 Å². The number of ether oxygens (including phenoxy) is 1. The van der Waals surface area contributed by atoms with Gasteiger partial charge < -0.3 is 10.1 Å². The molecule has 146 valence electrons. The second kappa shape index (κ2) is 7.90. The van der Waals surface area contributed by atoms with E-state index in [2.05, 4.69) is 10.0 Å². The molecule has 3 aromatic carbocycles. The average molecular weight is 398 g/mol. The Morgan fingerprint density at radius 3 is 2.39 bits per heavy atom. The van der Waals surface area contributed by atoms with Crippen LogP contribution < -0.4 is 14.8 Å². The van der Waals surface area contributed by atoms with Crippen molar-refractivity contribution in [2.45, 2.75) is 18.7 Å². The highest BCUT2D eigenvalue weighted by molar-refractivity contribution is 7.93. The van der Waals surface area contributed by atoms with Gasteiger partial charge in [-0.15, -0.1) is 0 Å². The fourth-order valence-corrected chi connectivity index (χ4v) is 4.42. The van der Waals surface area contributed by atoms with Gasteiger partial charge in [-0.3, -0.25) is 9.52 Å². The first-order valence-corrected chi connectivity index (χ1v) is 10.4. The molecule has 28 heavy (non-hydrogen) atoms. The van der Waals surface area contributed by atoms with Crippen molar-refractivity contribution >= 4 is 32.4 Å². The van der Waals surface area contributed by atoms with Gasteiger partial charge in [-0.25, -0.2) is 8.42 Å². The molecule has 0 atom stereocenters. The molecule has 7 heteroatoms. The van der Waals surface area contributed by atoms with E-state index in [0.29, 0.717) is 34.6 Å². The third-order valence-corrected chi connectivity index (χ3v) is 5.91. The predicted molar refractivity (Wildman–Crippen MR) is 110 cm³/mol. The highest BCUT2D eigenvalue weighted by Gasteiger charge is 2.21. The highest BCUT2D eigenvalue weighted by atomic mass is 32.2. The maximum absolute atomic E-state index is 13.1. The molecule has 2 N–H and O–H groups in total. The molecule has 0 aliphatic carbocycles. The third kappa shape index (κ3) is 3.66. The molecule has 0 fully saturated rings. The number of carbonyl (C=O) groups excluding carboxylic acids is 1. The number of sulfonamides is 1. The van der Waals surface area contributed by atoms with E-state index in [0.717, 1.165) is 5.39 Å². The molecule has 3 rings (SSSR count). The first-order valence-electron chi connectivity index (χ1n) is 8.88. The number of rotatable bonds is 6. The van der Waals surface area contributed by atoms with Crippen molar-refractivity contribution in [2.75, 3.05) is 18.4 Å². The smallest absolute Gasteiger partial charge is 0.262 e. The number of benzene rings is 3. The van der Waals surface area contributed by atoms with Crippen LogP contribution in [-0.4, -0.2) is 28.0 Å². The summed E-state index contributed by atoms with van der Waals surface area (Å²) in [6.07, 6.45) is 0. The minimum atomic E-state index is -3.88. The second-order valence-corrected chi connectivity index (χ2v) is 7.85. The van der Waals surface area contributed by atoms with Gasteiger partial charge in [0.15, 0.2) is 0 Å². The summed E-state index contributed by atoms with van der Waals surface area (Å²) < 4.78 is 34.5. The van der Waals surface area contributed by atoms with Crippen molar-refractivity contribution in [1.29, 1.82) is 0 Å². The third-order valence-electron chi connectivity index (χ3n) is 4.48. The van der Waals surface area contributed by atoms with Crippen molar-refractivity contribution in [3.8, 4) is 5.75 Å². The highest BCUT2D eigenvalue weighted by Crippen LogP contribution is 2.32. The molecule has 0 unspecified atom stereocenters. The Morgan fingerprint density at radius 1 is 1.00 bits per heavy atom. The molecule has 3 aromatic rings. The molecule has 0 aromatic heterocycles. The molecule has 0 spiro atoms. The van der Waals surface area contributed by atoms with Crippen LogP contribution in [0.25, 0.3) is 10.8 Å². The Bertz CT molecular complexity index is 1140. The van der Waals surface area contributed by atoms with Gasteiger partial charge in [0, 0.05) is 23.4 Å². The summed E-state index contributed by atoms with van der Waals surface area (Å²) >= 11 is 0. The number of hydrogen-bond acceptors (Lipinski definition) is 4. The minimum absolute atomic E-state index is 0.149. The Kier molecular flexibility index (Phi) is 5.56. The minimum Gasteiger partial charge on any atom is -0.493 e. The molecule has 0 saturated carbocycles. The maximum atomic E-state index is 13.1. The van der Waals surface area contributed by atoms with Crippen LogP contribution >= 0.6 is 0 Å². The summed E-state index contributed by atoms with van der Waals surface area (Å²) in [7, 11) is -2.35. The number of anilines is 1. The monoisotopic (exact) mass is 398 g/mol. The summed E-state index contributed by atoms with van der Waals surface area (Å²) in [5.41, 5.74) is 1.33. The van der Waals surface area contributed by atoms with E-state index in [1.807, 2.05) is 19.1 Å². The fourth-order valence-electron chi connectivity index (χ4n) is 3.09. The Morgan fingerprint density at radius 2 is 1.71 bits per heavy atom. The van der Waals surface area contributed by atoms with E-state index in [9.17, 15) is 13.2 Å². The van der Waals surface area contributed by atoms with Crippen LogP contribution in [0.5, 0.6) is 5.75 Å². The fraction of sp³-hybridized carbons (Fsp3) is 0.190. The summed E-state index contributed by atoms with van der Waals surface area (Å²) in [6, 6.07) is 15.3. The van der Waals surface area contributed by atoms with Crippen molar-refractivity contribution in [3.05, 3.63) is 65.7 Å². The number of hydrogen-bond donors (Lipinski definition) is 2. The quantitative estimate of drug-likeness (QED) is 0.663. The largest absolute Gasteiger partial charge is 0.493 e. The van der Waals surface area contributed by atoms with Crippen molar-refractivity contribution < 1.29 is 17.9 Å². The second-order valence-electron chi connectivity index (χ2n) is 6.20. The number of nitrogens with one attached hydrogen (secondary N) is 2. The van der Waals surface area contributed by atoms with E-state index in [4.69, 9.17) is 4.74 Å². The van der Waals surface area contributed by atoms with Crippen LogP contribution in [0.2, 0.25) is 0 Å². The molecular weight excluding hydrogens is 376 g/mol. The molecule has 0 bridgehead atoms. The van der Waals surface area contributed by atoms with E-state index in [1.54, 1.807) is 43.3 Å². The zero-order valence-electron chi connectivity index (χ0n) is 15.9. The summed E-state index contributed by atoms with van der Waals surface area (Å²) in [6.45, 7) is 4.07. The first-order chi connectivity index (χ1) is 13.4. The summed E-state index contributed by atoms with van der Waals surface area (Å²) in [5.74, 6) is 0.361. The lowest BCUT2D eigenvalue weighted by molar-refractivity contribution is 0.0962. The summed E-state index contributed by atoms with van der Waals surface area (Å²) in [5, 5.41) is 3.85. The maximum Gasteiger partial charge on any atom is 0.262 e. The van der Waals surface area contributed by atoms with E-state index in [1.165, 1.54) is 13.1 Å². The van der Waals surface area contributed by atoms with Crippen LogP contribution in [-0.2, 0) is 10.0 Å². The molecule has 0 aliphatic heterocycles. The van der Waals surface area contributed by atoms with Gasteiger partial charge in [0.2, 0.25) is 0 Å². The van der Waals surface area contributed by atoms with Gasteiger partial charge >= 0.3 is 0 Å². The van der Waals surface area contributed by atoms with Gasteiger partial charge in [0.1, 0.15) is 5.75 Å².